The minimum atomic E-state index is -1.79. The molecule has 0 aromatic rings. The third-order valence-corrected chi connectivity index (χ3v) is 11.4. The van der Waals surface area contributed by atoms with Crippen molar-refractivity contribution in [3.05, 3.63) is 0 Å². The molecule has 0 heterocycles. The molecule has 3 nitrogen and oxygen atoms in total. The fraction of sp³-hybridized carbons (Fsp3) is 0.944. The van der Waals surface area contributed by atoms with E-state index in [0.717, 1.165) is 19.4 Å². The molecule has 2 aliphatic rings. The molecule has 0 aromatic carbocycles. The number of rotatable bonds is 6. The van der Waals surface area contributed by atoms with E-state index in [2.05, 4.69) is 40.8 Å². The Morgan fingerprint density at radius 2 is 1.91 bits per heavy atom. The molecule has 0 aliphatic heterocycles. The van der Waals surface area contributed by atoms with Crippen molar-refractivity contribution in [2.75, 3.05) is 6.61 Å². The van der Waals surface area contributed by atoms with Gasteiger partial charge in [-0.3, -0.25) is 4.79 Å². The first-order chi connectivity index (χ1) is 9.88. The standard InChI is InChI=1S/C18H34O3Si/c1-8-13(19)9-17(5)11-15(20)14-10-18(14,17)12-21-22(6,7)16(2,3)4/h14-15,20H,8-12H2,1-7H3/t14-,15-,17+,18+/m0/s1. The minimum absolute atomic E-state index is 0.0345. The van der Waals surface area contributed by atoms with E-state index in [1.54, 1.807) is 0 Å². The molecule has 2 fully saturated rings. The molecule has 2 aliphatic carbocycles. The first-order valence-electron chi connectivity index (χ1n) is 8.72. The van der Waals surface area contributed by atoms with Gasteiger partial charge in [-0.05, 0) is 42.3 Å². The molecule has 4 heteroatoms. The summed E-state index contributed by atoms with van der Waals surface area (Å²) < 4.78 is 6.50. The normalized spacial score (nSPS) is 38.0. The van der Waals surface area contributed by atoms with Crippen LogP contribution in [0.25, 0.3) is 0 Å². The molecule has 128 valence electrons. The number of aliphatic hydroxyl groups excluding tert-OH is 1. The van der Waals surface area contributed by atoms with Crippen molar-refractivity contribution in [2.24, 2.45) is 16.7 Å². The van der Waals surface area contributed by atoms with E-state index in [1.807, 2.05) is 6.92 Å². The monoisotopic (exact) mass is 326 g/mol. The SMILES string of the molecule is CCC(=O)C[C@]1(C)C[C@H](O)[C@@H]2C[C@@]21CO[Si](C)(C)C(C)(C)C. The van der Waals surface area contributed by atoms with E-state index < -0.39 is 8.32 Å². The Bertz CT molecular complexity index is 454. The number of Topliss-reactive ketones (excluding diaryl/α,β-unsaturated/α-hetero) is 1. The molecular weight excluding hydrogens is 292 g/mol. The minimum Gasteiger partial charge on any atom is -0.416 e. The molecular formula is C18H34O3Si. The molecule has 0 aromatic heterocycles. The smallest absolute Gasteiger partial charge is 0.192 e. The second-order valence-electron chi connectivity index (χ2n) is 9.42. The van der Waals surface area contributed by atoms with Gasteiger partial charge in [-0.2, -0.15) is 0 Å². The summed E-state index contributed by atoms with van der Waals surface area (Å²) >= 11 is 0. The van der Waals surface area contributed by atoms with Crippen LogP contribution in [0.15, 0.2) is 0 Å². The van der Waals surface area contributed by atoms with Crippen molar-refractivity contribution in [3.8, 4) is 0 Å². The van der Waals surface area contributed by atoms with Crippen LogP contribution in [0, 0.1) is 16.7 Å². The quantitative estimate of drug-likeness (QED) is 0.746. The van der Waals surface area contributed by atoms with Crippen LogP contribution >= 0.6 is 0 Å². The first-order valence-corrected chi connectivity index (χ1v) is 11.6. The highest BCUT2D eigenvalue weighted by Gasteiger charge is 2.72. The molecule has 0 amide bonds. The molecule has 0 unspecified atom stereocenters. The van der Waals surface area contributed by atoms with Gasteiger partial charge in [0.15, 0.2) is 8.32 Å². The van der Waals surface area contributed by atoms with Gasteiger partial charge in [0.2, 0.25) is 0 Å². The molecule has 22 heavy (non-hydrogen) atoms. The van der Waals surface area contributed by atoms with Gasteiger partial charge in [0.1, 0.15) is 5.78 Å². The van der Waals surface area contributed by atoms with Crippen molar-refractivity contribution in [2.45, 2.75) is 84.5 Å². The Labute approximate surface area is 137 Å². The Balaban J connectivity index is 2.13. The summed E-state index contributed by atoms with van der Waals surface area (Å²) in [4.78, 5) is 12.0. The number of hydrogen-bond acceptors (Lipinski definition) is 3. The Kier molecular flexibility index (Phi) is 4.47. The molecule has 0 saturated heterocycles. The lowest BCUT2D eigenvalue weighted by molar-refractivity contribution is -0.122. The lowest BCUT2D eigenvalue weighted by atomic mass is 9.71. The molecule has 0 spiro atoms. The maximum atomic E-state index is 12.0. The number of carbonyl (C=O) groups is 1. The lowest BCUT2D eigenvalue weighted by Gasteiger charge is -2.41. The highest BCUT2D eigenvalue weighted by Crippen LogP contribution is 2.73. The van der Waals surface area contributed by atoms with Crippen LogP contribution in [0.2, 0.25) is 18.1 Å². The second-order valence-corrected chi connectivity index (χ2v) is 14.2. The summed E-state index contributed by atoms with van der Waals surface area (Å²) in [5.41, 5.74) is -0.0562. The van der Waals surface area contributed by atoms with Crippen molar-refractivity contribution in [1.29, 1.82) is 0 Å². The Morgan fingerprint density at radius 3 is 2.36 bits per heavy atom. The summed E-state index contributed by atoms with van der Waals surface area (Å²) in [5, 5.41) is 10.6. The van der Waals surface area contributed by atoms with Gasteiger partial charge >= 0.3 is 0 Å². The zero-order valence-electron chi connectivity index (χ0n) is 15.5. The highest BCUT2D eigenvalue weighted by atomic mass is 28.4. The third-order valence-electron chi connectivity index (χ3n) is 6.94. The number of aliphatic hydroxyl groups is 1. The number of ketones is 1. The predicted octanol–water partition coefficient (Wildman–Crippen LogP) is 4.15. The first kappa shape index (κ1) is 18.1. The average Bonchev–Trinajstić information content (AvgIpc) is 3.07. The fourth-order valence-corrected chi connectivity index (χ4v) is 5.06. The summed E-state index contributed by atoms with van der Waals surface area (Å²) in [7, 11) is -1.79. The molecule has 4 atom stereocenters. The molecule has 0 bridgehead atoms. The summed E-state index contributed by atoms with van der Waals surface area (Å²) in [6.45, 7) is 16.2. The van der Waals surface area contributed by atoms with Gasteiger partial charge < -0.3 is 9.53 Å². The van der Waals surface area contributed by atoms with E-state index in [9.17, 15) is 9.90 Å². The summed E-state index contributed by atoms with van der Waals surface area (Å²) in [5.74, 6) is 0.654. The number of fused-ring (bicyclic) bond motifs is 1. The Morgan fingerprint density at radius 1 is 1.32 bits per heavy atom. The second kappa shape index (κ2) is 5.42. The van der Waals surface area contributed by atoms with Crippen LogP contribution in [0.3, 0.4) is 0 Å². The van der Waals surface area contributed by atoms with Crippen molar-refractivity contribution in [3.63, 3.8) is 0 Å². The van der Waals surface area contributed by atoms with Gasteiger partial charge in [0, 0.05) is 24.9 Å². The molecule has 0 radical (unpaired) electrons. The van der Waals surface area contributed by atoms with E-state index in [0.29, 0.717) is 24.5 Å². The molecule has 2 rings (SSSR count). The van der Waals surface area contributed by atoms with Crippen LogP contribution in [0.5, 0.6) is 0 Å². The van der Waals surface area contributed by atoms with Gasteiger partial charge in [-0.15, -0.1) is 0 Å². The lowest BCUT2D eigenvalue weighted by Crippen LogP contribution is -2.44. The van der Waals surface area contributed by atoms with Crippen molar-refractivity contribution < 1.29 is 14.3 Å². The van der Waals surface area contributed by atoms with Crippen LogP contribution in [0.4, 0.5) is 0 Å². The predicted molar refractivity (Wildman–Crippen MR) is 92.3 cm³/mol. The number of carbonyl (C=O) groups excluding carboxylic acids is 1. The zero-order valence-corrected chi connectivity index (χ0v) is 16.5. The van der Waals surface area contributed by atoms with Crippen molar-refractivity contribution in [1.82, 2.24) is 0 Å². The van der Waals surface area contributed by atoms with Crippen LogP contribution in [-0.2, 0) is 9.22 Å². The van der Waals surface area contributed by atoms with Gasteiger partial charge in [-0.1, -0.05) is 34.6 Å². The van der Waals surface area contributed by atoms with Gasteiger partial charge in [0.05, 0.1) is 6.10 Å². The summed E-state index contributed by atoms with van der Waals surface area (Å²) in [6.07, 6.45) is 2.71. The van der Waals surface area contributed by atoms with Crippen molar-refractivity contribution >= 4 is 14.1 Å². The van der Waals surface area contributed by atoms with E-state index in [1.165, 1.54) is 0 Å². The van der Waals surface area contributed by atoms with E-state index in [4.69, 9.17) is 4.43 Å². The topological polar surface area (TPSA) is 46.5 Å². The van der Waals surface area contributed by atoms with Crippen LogP contribution in [0.1, 0.15) is 60.3 Å². The number of hydrogen-bond donors (Lipinski definition) is 1. The van der Waals surface area contributed by atoms with Crippen LogP contribution < -0.4 is 0 Å². The fourth-order valence-electron chi connectivity index (χ4n) is 4.01. The largest absolute Gasteiger partial charge is 0.416 e. The van der Waals surface area contributed by atoms with E-state index >= 15 is 0 Å². The van der Waals surface area contributed by atoms with E-state index in [-0.39, 0.29) is 22.0 Å². The third kappa shape index (κ3) is 2.82. The Hall–Kier alpha value is -0.193. The summed E-state index contributed by atoms with van der Waals surface area (Å²) in [6, 6.07) is 0. The van der Waals surface area contributed by atoms with Crippen LogP contribution in [-0.4, -0.2) is 31.9 Å². The maximum absolute atomic E-state index is 12.0. The molecule has 2 saturated carbocycles. The zero-order chi connectivity index (χ0) is 17.0. The molecule has 1 N–H and O–H groups in total. The highest BCUT2D eigenvalue weighted by molar-refractivity contribution is 6.74. The maximum Gasteiger partial charge on any atom is 0.192 e. The van der Waals surface area contributed by atoms with Gasteiger partial charge in [0.25, 0.3) is 0 Å². The van der Waals surface area contributed by atoms with Gasteiger partial charge in [-0.25, -0.2) is 0 Å². The average molecular weight is 327 g/mol.